The van der Waals surface area contributed by atoms with Gasteiger partial charge in [-0.3, -0.25) is 4.79 Å². The number of amides is 1. The molecule has 2 aromatic rings. The molecule has 5 nitrogen and oxygen atoms in total. The van der Waals surface area contributed by atoms with Gasteiger partial charge in [0.2, 0.25) is 0 Å². The SMILES string of the molecule is N#Cc1ccc(NC(=O)c2ccoc2Br)cc1C#N. The Labute approximate surface area is 117 Å². The molecule has 92 valence electrons. The fraction of sp³-hybridized carbons (Fsp3) is 0. The van der Waals surface area contributed by atoms with Gasteiger partial charge in [0.25, 0.3) is 5.91 Å². The van der Waals surface area contributed by atoms with E-state index in [2.05, 4.69) is 21.2 Å². The van der Waals surface area contributed by atoms with E-state index in [1.54, 1.807) is 6.07 Å². The predicted molar refractivity (Wildman–Crippen MR) is 70.2 cm³/mol. The molecular formula is C13H6BrN3O2. The Balaban J connectivity index is 2.26. The number of anilines is 1. The van der Waals surface area contributed by atoms with Gasteiger partial charge in [0.05, 0.1) is 23.0 Å². The van der Waals surface area contributed by atoms with Crippen molar-refractivity contribution in [3.63, 3.8) is 0 Å². The number of hydrogen-bond acceptors (Lipinski definition) is 4. The molecule has 1 N–H and O–H groups in total. The van der Waals surface area contributed by atoms with Crippen LogP contribution in [0.25, 0.3) is 0 Å². The van der Waals surface area contributed by atoms with Crippen molar-refractivity contribution in [1.82, 2.24) is 0 Å². The van der Waals surface area contributed by atoms with Crippen molar-refractivity contribution < 1.29 is 9.21 Å². The molecule has 1 aromatic heterocycles. The van der Waals surface area contributed by atoms with E-state index >= 15 is 0 Å². The van der Waals surface area contributed by atoms with Crippen molar-refractivity contribution in [2.75, 3.05) is 5.32 Å². The number of furan rings is 1. The summed E-state index contributed by atoms with van der Waals surface area (Å²) in [4.78, 5) is 11.9. The van der Waals surface area contributed by atoms with E-state index < -0.39 is 0 Å². The average Bonchev–Trinajstić information content (AvgIpc) is 2.85. The number of rotatable bonds is 2. The maximum atomic E-state index is 11.9. The standard InChI is InChI=1S/C13H6BrN3O2/c14-12-11(3-4-19-12)13(18)17-10-2-1-8(6-15)9(5-10)7-16/h1-5H,(H,17,18). The number of benzene rings is 1. The van der Waals surface area contributed by atoms with Crippen LogP contribution in [-0.4, -0.2) is 5.91 Å². The number of hydrogen-bond donors (Lipinski definition) is 1. The largest absolute Gasteiger partial charge is 0.457 e. The Morgan fingerprint density at radius 2 is 1.95 bits per heavy atom. The molecule has 6 heteroatoms. The van der Waals surface area contributed by atoms with Crippen molar-refractivity contribution in [2.24, 2.45) is 0 Å². The quantitative estimate of drug-likeness (QED) is 0.922. The Morgan fingerprint density at radius 1 is 1.21 bits per heavy atom. The first-order valence-corrected chi connectivity index (χ1v) is 5.93. The van der Waals surface area contributed by atoms with Gasteiger partial charge < -0.3 is 9.73 Å². The summed E-state index contributed by atoms with van der Waals surface area (Å²) < 4.78 is 5.30. The summed E-state index contributed by atoms with van der Waals surface area (Å²) in [5, 5.41) is 20.3. The summed E-state index contributed by atoms with van der Waals surface area (Å²) in [5.41, 5.74) is 1.27. The number of halogens is 1. The maximum Gasteiger partial charge on any atom is 0.260 e. The Morgan fingerprint density at radius 3 is 2.53 bits per heavy atom. The van der Waals surface area contributed by atoms with Gasteiger partial charge in [-0.2, -0.15) is 10.5 Å². The van der Waals surface area contributed by atoms with Crippen LogP contribution in [0.15, 0.2) is 39.6 Å². The molecule has 0 aliphatic rings. The lowest BCUT2D eigenvalue weighted by molar-refractivity contribution is 0.102. The summed E-state index contributed by atoms with van der Waals surface area (Å²) in [5.74, 6) is -0.366. The van der Waals surface area contributed by atoms with Crippen LogP contribution in [-0.2, 0) is 0 Å². The van der Waals surface area contributed by atoms with Gasteiger partial charge in [-0.15, -0.1) is 0 Å². The van der Waals surface area contributed by atoms with Crippen molar-refractivity contribution in [1.29, 1.82) is 10.5 Å². The molecule has 1 amide bonds. The second-order valence-electron chi connectivity index (χ2n) is 3.55. The van der Waals surface area contributed by atoms with Gasteiger partial charge in [-0.25, -0.2) is 0 Å². The smallest absolute Gasteiger partial charge is 0.260 e. The molecule has 0 atom stereocenters. The molecule has 19 heavy (non-hydrogen) atoms. The summed E-state index contributed by atoms with van der Waals surface area (Å²) >= 11 is 3.11. The number of nitrogens with one attached hydrogen (secondary N) is 1. The van der Waals surface area contributed by atoms with Crippen LogP contribution in [0.5, 0.6) is 0 Å². The third-order valence-corrected chi connectivity index (χ3v) is 3.00. The molecule has 0 radical (unpaired) electrons. The van der Waals surface area contributed by atoms with Gasteiger partial charge >= 0.3 is 0 Å². The molecule has 0 fully saturated rings. The Hall–Kier alpha value is -2.57. The van der Waals surface area contributed by atoms with Crippen LogP contribution in [0.4, 0.5) is 5.69 Å². The van der Waals surface area contributed by atoms with Crippen LogP contribution in [0.2, 0.25) is 0 Å². The number of nitriles is 2. The van der Waals surface area contributed by atoms with Gasteiger partial charge in [-0.1, -0.05) is 0 Å². The van der Waals surface area contributed by atoms with Gasteiger partial charge in [-0.05, 0) is 40.2 Å². The van der Waals surface area contributed by atoms with Crippen molar-refractivity contribution in [2.45, 2.75) is 0 Å². The van der Waals surface area contributed by atoms with E-state index in [9.17, 15) is 4.79 Å². The number of nitrogens with zero attached hydrogens (tertiary/aromatic N) is 2. The molecular weight excluding hydrogens is 310 g/mol. The first-order valence-electron chi connectivity index (χ1n) is 5.14. The summed E-state index contributed by atoms with van der Waals surface area (Å²) in [7, 11) is 0. The number of carbonyl (C=O) groups is 1. The minimum absolute atomic E-state index is 0.214. The highest BCUT2D eigenvalue weighted by Gasteiger charge is 2.13. The van der Waals surface area contributed by atoms with Crippen LogP contribution in [0.1, 0.15) is 21.5 Å². The highest BCUT2D eigenvalue weighted by molar-refractivity contribution is 9.10. The predicted octanol–water partition coefficient (Wildman–Crippen LogP) is 3.04. The first-order chi connectivity index (χ1) is 9.15. The van der Waals surface area contributed by atoms with Gasteiger partial charge in [0.1, 0.15) is 12.1 Å². The fourth-order valence-electron chi connectivity index (χ4n) is 1.47. The van der Waals surface area contributed by atoms with Crippen molar-refractivity contribution in [3.8, 4) is 12.1 Å². The summed E-state index contributed by atoms with van der Waals surface area (Å²) in [6, 6.07) is 9.83. The van der Waals surface area contributed by atoms with Gasteiger partial charge in [0.15, 0.2) is 4.67 Å². The van der Waals surface area contributed by atoms with Crippen molar-refractivity contribution in [3.05, 3.63) is 51.9 Å². The van der Waals surface area contributed by atoms with E-state index in [1.165, 1.54) is 24.5 Å². The van der Waals surface area contributed by atoms with E-state index in [0.717, 1.165) is 0 Å². The normalized spacial score (nSPS) is 9.42. The molecule has 0 aliphatic heterocycles. The second kappa shape index (κ2) is 5.38. The molecule has 2 rings (SSSR count). The average molecular weight is 316 g/mol. The third kappa shape index (κ3) is 2.65. The highest BCUT2D eigenvalue weighted by atomic mass is 79.9. The van der Waals surface area contributed by atoms with Crippen LogP contribution in [0, 0.1) is 22.7 Å². The van der Waals surface area contributed by atoms with Crippen LogP contribution >= 0.6 is 15.9 Å². The number of carbonyl (C=O) groups excluding carboxylic acids is 1. The summed E-state index contributed by atoms with van der Waals surface area (Å²) in [6.45, 7) is 0. The van der Waals surface area contributed by atoms with E-state index in [4.69, 9.17) is 14.9 Å². The lowest BCUT2D eigenvalue weighted by Crippen LogP contribution is -2.11. The molecule has 0 bridgehead atoms. The Kier molecular flexibility index (Phi) is 3.65. The topological polar surface area (TPSA) is 89.8 Å². The lowest BCUT2D eigenvalue weighted by Gasteiger charge is -2.04. The molecule has 0 saturated carbocycles. The van der Waals surface area contributed by atoms with Crippen molar-refractivity contribution >= 4 is 27.5 Å². The Bertz CT molecular complexity index is 722. The van der Waals surface area contributed by atoms with Crippen LogP contribution in [0.3, 0.4) is 0 Å². The lowest BCUT2D eigenvalue weighted by atomic mass is 10.1. The fourth-order valence-corrected chi connectivity index (χ4v) is 1.89. The monoisotopic (exact) mass is 315 g/mol. The molecule has 1 heterocycles. The maximum absolute atomic E-state index is 11.9. The first kappa shape index (κ1) is 12.9. The minimum Gasteiger partial charge on any atom is -0.457 e. The molecule has 0 aliphatic carbocycles. The second-order valence-corrected chi connectivity index (χ2v) is 4.27. The molecule has 1 aromatic carbocycles. The van der Waals surface area contributed by atoms with E-state index in [1.807, 2.05) is 12.1 Å². The molecule has 0 spiro atoms. The highest BCUT2D eigenvalue weighted by Crippen LogP contribution is 2.20. The minimum atomic E-state index is -0.366. The zero-order valence-electron chi connectivity index (χ0n) is 9.48. The third-order valence-electron chi connectivity index (χ3n) is 2.38. The van der Waals surface area contributed by atoms with E-state index in [0.29, 0.717) is 15.9 Å². The molecule has 0 unspecified atom stereocenters. The summed E-state index contributed by atoms with van der Waals surface area (Å²) in [6.07, 6.45) is 1.39. The van der Waals surface area contributed by atoms with Gasteiger partial charge in [0, 0.05) is 5.69 Å². The zero-order chi connectivity index (χ0) is 13.8. The van der Waals surface area contributed by atoms with Crippen LogP contribution < -0.4 is 5.32 Å². The van der Waals surface area contributed by atoms with E-state index in [-0.39, 0.29) is 17.0 Å². The zero-order valence-corrected chi connectivity index (χ0v) is 11.1. The molecule has 0 saturated heterocycles.